The lowest BCUT2D eigenvalue weighted by Crippen LogP contribution is -2.15. The van der Waals surface area contributed by atoms with E-state index in [1.165, 1.54) is 22.9 Å². The molecule has 8 heteroatoms. The van der Waals surface area contributed by atoms with Gasteiger partial charge in [0.2, 0.25) is 5.91 Å². The molecule has 3 rings (SSSR count). The second-order valence-electron chi connectivity index (χ2n) is 6.87. The molecule has 0 saturated carbocycles. The van der Waals surface area contributed by atoms with Gasteiger partial charge >= 0.3 is 0 Å². The highest BCUT2D eigenvalue weighted by Gasteiger charge is 2.13. The highest BCUT2D eigenvalue weighted by atomic mass is 35.5. The molecule has 0 saturated heterocycles. The van der Waals surface area contributed by atoms with Gasteiger partial charge in [-0.05, 0) is 49.6 Å². The lowest BCUT2D eigenvalue weighted by atomic mass is 10.1. The zero-order valence-corrected chi connectivity index (χ0v) is 18.5. The number of carbonyl (C=O) groups is 1. The fourth-order valence-electron chi connectivity index (χ4n) is 2.93. The van der Waals surface area contributed by atoms with Crippen LogP contribution >= 0.6 is 23.4 Å². The summed E-state index contributed by atoms with van der Waals surface area (Å²) in [6, 6.07) is 11.6. The van der Waals surface area contributed by atoms with Crippen LogP contribution < -0.4 is 10.6 Å². The lowest BCUT2D eigenvalue weighted by Gasteiger charge is -2.12. The molecule has 2 N–H and O–H groups in total. The first-order valence-corrected chi connectivity index (χ1v) is 10.6. The molecule has 0 bridgehead atoms. The number of aromatic nitrogens is 3. The Labute approximate surface area is 180 Å². The van der Waals surface area contributed by atoms with E-state index in [4.69, 9.17) is 11.6 Å². The summed E-state index contributed by atoms with van der Waals surface area (Å²) in [4.78, 5) is 12.3. The molecular weight excluding hydrogens is 406 g/mol. The molecule has 1 amide bonds. The molecule has 0 aliphatic heterocycles. The van der Waals surface area contributed by atoms with Gasteiger partial charge in [0.25, 0.3) is 0 Å². The summed E-state index contributed by atoms with van der Waals surface area (Å²) in [6.07, 6.45) is 0. The summed E-state index contributed by atoms with van der Waals surface area (Å²) in [6.45, 7) is 6.64. The minimum absolute atomic E-state index is 0.112. The van der Waals surface area contributed by atoms with Gasteiger partial charge in [-0.25, -0.2) is 0 Å². The molecule has 152 valence electrons. The number of anilines is 2. The first-order valence-electron chi connectivity index (χ1n) is 9.22. The predicted molar refractivity (Wildman–Crippen MR) is 120 cm³/mol. The monoisotopic (exact) mass is 429 g/mol. The topological polar surface area (TPSA) is 71.8 Å². The number of halogens is 1. The average molecular weight is 430 g/mol. The lowest BCUT2D eigenvalue weighted by molar-refractivity contribution is -0.113. The molecule has 0 aliphatic carbocycles. The fraction of sp³-hybridized carbons (Fsp3) is 0.286. The van der Waals surface area contributed by atoms with Crippen molar-refractivity contribution in [2.45, 2.75) is 32.5 Å². The van der Waals surface area contributed by atoms with Crippen LogP contribution in [0.15, 0.2) is 41.6 Å². The summed E-state index contributed by atoms with van der Waals surface area (Å²) >= 11 is 7.36. The van der Waals surface area contributed by atoms with Gasteiger partial charge < -0.3 is 15.2 Å². The van der Waals surface area contributed by atoms with Crippen molar-refractivity contribution in [1.82, 2.24) is 14.8 Å². The Kier molecular flexibility index (Phi) is 6.82. The summed E-state index contributed by atoms with van der Waals surface area (Å²) in [5.74, 6) is 0.933. The Morgan fingerprint density at radius 1 is 1.10 bits per heavy atom. The number of aryl methyl sites for hydroxylation is 3. The Morgan fingerprint density at radius 3 is 2.55 bits per heavy atom. The Balaban J connectivity index is 1.58. The van der Waals surface area contributed by atoms with Crippen molar-refractivity contribution in [3.63, 3.8) is 0 Å². The Bertz CT molecular complexity index is 1010. The maximum atomic E-state index is 12.3. The van der Waals surface area contributed by atoms with E-state index in [2.05, 4.69) is 46.8 Å². The second kappa shape index (κ2) is 9.33. The van der Waals surface area contributed by atoms with E-state index < -0.39 is 0 Å². The van der Waals surface area contributed by atoms with Crippen LogP contribution in [-0.2, 0) is 18.4 Å². The minimum atomic E-state index is -0.112. The van der Waals surface area contributed by atoms with Gasteiger partial charge in [-0.15, -0.1) is 10.2 Å². The third kappa shape index (κ3) is 5.31. The van der Waals surface area contributed by atoms with Gasteiger partial charge in [0.15, 0.2) is 11.0 Å². The fourth-order valence-corrected chi connectivity index (χ4v) is 3.83. The van der Waals surface area contributed by atoms with Crippen molar-refractivity contribution >= 4 is 40.6 Å². The number of rotatable bonds is 7. The van der Waals surface area contributed by atoms with Gasteiger partial charge in [0.05, 0.1) is 12.3 Å². The van der Waals surface area contributed by atoms with Crippen LogP contribution in [0.1, 0.15) is 22.5 Å². The van der Waals surface area contributed by atoms with E-state index in [0.717, 1.165) is 22.8 Å². The van der Waals surface area contributed by atoms with Crippen LogP contribution in [0.3, 0.4) is 0 Å². The molecule has 0 spiro atoms. The highest BCUT2D eigenvalue weighted by Crippen LogP contribution is 2.23. The predicted octanol–water partition coefficient (Wildman–Crippen LogP) is 4.74. The number of carbonyl (C=O) groups excluding carboxylic acids is 1. The normalized spacial score (nSPS) is 10.8. The zero-order chi connectivity index (χ0) is 21.0. The summed E-state index contributed by atoms with van der Waals surface area (Å²) in [7, 11) is 1.91. The third-order valence-electron chi connectivity index (χ3n) is 4.64. The standard InChI is InChI=1S/C21H24ClN5OS/c1-13-8-9-16(22)10-17(13)24-19(28)12-29-21-26-25-18(27(21)4)11-23-20-14(2)6-5-7-15(20)3/h5-10,23H,11-12H2,1-4H3,(H,24,28). The van der Waals surface area contributed by atoms with Gasteiger partial charge in [-0.2, -0.15) is 0 Å². The van der Waals surface area contributed by atoms with E-state index in [-0.39, 0.29) is 11.7 Å². The highest BCUT2D eigenvalue weighted by molar-refractivity contribution is 7.99. The number of benzene rings is 2. The number of nitrogens with zero attached hydrogens (tertiary/aromatic N) is 3. The zero-order valence-electron chi connectivity index (χ0n) is 16.9. The molecule has 0 radical (unpaired) electrons. The van der Waals surface area contributed by atoms with Crippen molar-refractivity contribution in [1.29, 1.82) is 0 Å². The number of hydrogen-bond donors (Lipinski definition) is 2. The number of amides is 1. The summed E-state index contributed by atoms with van der Waals surface area (Å²) in [5, 5.41) is 16.1. The van der Waals surface area contributed by atoms with E-state index in [1.54, 1.807) is 12.1 Å². The molecule has 0 atom stereocenters. The van der Waals surface area contributed by atoms with Crippen LogP contribution in [-0.4, -0.2) is 26.4 Å². The molecule has 6 nitrogen and oxygen atoms in total. The quantitative estimate of drug-likeness (QED) is 0.531. The largest absolute Gasteiger partial charge is 0.377 e. The van der Waals surface area contributed by atoms with Crippen LogP contribution in [0.2, 0.25) is 5.02 Å². The molecule has 0 unspecified atom stereocenters. The van der Waals surface area contributed by atoms with E-state index in [1.807, 2.05) is 30.7 Å². The van der Waals surface area contributed by atoms with Gasteiger partial charge in [-0.3, -0.25) is 4.79 Å². The Hall–Kier alpha value is -2.51. The van der Waals surface area contributed by atoms with E-state index in [9.17, 15) is 4.79 Å². The first kappa shape index (κ1) is 21.2. The first-order chi connectivity index (χ1) is 13.8. The van der Waals surface area contributed by atoms with Gasteiger partial charge in [0, 0.05) is 23.4 Å². The van der Waals surface area contributed by atoms with Crippen LogP contribution in [0.5, 0.6) is 0 Å². The molecule has 0 aliphatic rings. The molecular formula is C21H24ClN5OS. The van der Waals surface area contributed by atoms with Gasteiger partial charge in [0.1, 0.15) is 0 Å². The molecule has 2 aromatic carbocycles. The number of hydrogen-bond acceptors (Lipinski definition) is 5. The molecule has 3 aromatic rings. The number of para-hydroxylation sites is 1. The van der Waals surface area contributed by atoms with Crippen LogP contribution in [0.4, 0.5) is 11.4 Å². The Morgan fingerprint density at radius 2 is 1.83 bits per heavy atom. The summed E-state index contributed by atoms with van der Waals surface area (Å²) in [5.41, 5.74) is 5.18. The van der Waals surface area contributed by atoms with Crippen LogP contribution in [0.25, 0.3) is 0 Å². The summed E-state index contributed by atoms with van der Waals surface area (Å²) < 4.78 is 1.91. The second-order valence-corrected chi connectivity index (χ2v) is 8.25. The van der Waals surface area contributed by atoms with Crippen molar-refractivity contribution in [2.75, 3.05) is 16.4 Å². The molecule has 0 fully saturated rings. The van der Waals surface area contributed by atoms with E-state index in [0.29, 0.717) is 16.7 Å². The van der Waals surface area contributed by atoms with Crippen LogP contribution in [0, 0.1) is 20.8 Å². The smallest absolute Gasteiger partial charge is 0.234 e. The third-order valence-corrected chi connectivity index (χ3v) is 5.89. The molecule has 29 heavy (non-hydrogen) atoms. The maximum absolute atomic E-state index is 12.3. The van der Waals surface area contributed by atoms with Crippen molar-refractivity contribution < 1.29 is 4.79 Å². The van der Waals surface area contributed by atoms with E-state index >= 15 is 0 Å². The maximum Gasteiger partial charge on any atom is 0.234 e. The SMILES string of the molecule is Cc1ccc(Cl)cc1NC(=O)CSc1nnc(CNc2c(C)cccc2C)n1C. The van der Waals surface area contributed by atoms with Crippen molar-refractivity contribution in [3.05, 3.63) is 63.9 Å². The number of thioether (sulfide) groups is 1. The molecule has 1 aromatic heterocycles. The number of nitrogens with one attached hydrogen (secondary N) is 2. The minimum Gasteiger partial charge on any atom is -0.377 e. The van der Waals surface area contributed by atoms with Crippen molar-refractivity contribution in [2.24, 2.45) is 7.05 Å². The van der Waals surface area contributed by atoms with Gasteiger partial charge in [-0.1, -0.05) is 47.6 Å². The van der Waals surface area contributed by atoms with Crippen molar-refractivity contribution in [3.8, 4) is 0 Å². The molecule has 1 heterocycles. The average Bonchev–Trinajstić information content (AvgIpc) is 3.02.